The van der Waals surface area contributed by atoms with Crippen LogP contribution in [0.15, 0.2) is 30.3 Å². The van der Waals surface area contributed by atoms with E-state index in [0.29, 0.717) is 12.8 Å². The third-order valence-corrected chi connectivity index (χ3v) is 7.31. The third kappa shape index (κ3) is 16.8. The van der Waals surface area contributed by atoms with Crippen LogP contribution in [0.1, 0.15) is 103 Å². The largest absolute Gasteiger partial charge is 0.389 e. The average molecular weight is 451 g/mol. The molecule has 174 valence electrons. The smallest absolute Gasteiger partial charge is 0.212 e. The molecular formula is C24H39F5Si. The molecule has 1 aromatic rings. The van der Waals surface area contributed by atoms with Gasteiger partial charge in [0.15, 0.2) is 0 Å². The van der Waals surface area contributed by atoms with E-state index in [0.717, 1.165) is 43.7 Å². The molecule has 0 unspecified atom stereocenters. The summed E-state index contributed by atoms with van der Waals surface area (Å²) in [5.74, 6) is 0. The predicted octanol–water partition coefficient (Wildman–Crippen LogP) is 7.88. The molecule has 0 nitrogen and oxygen atoms in total. The van der Waals surface area contributed by atoms with Crippen molar-refractivity contribution in [3.8, 4) is 0 Å². The van der Waals surface area contributed by atoms with Crippen LogP contribution < -0.4 is 5.19 Å². The molecule has 0 aliphatic carbocycles. The van der Waals surface area contributed by atoms with E-state index in [2.05, 4.69) is 0 Å². The van der Waals surface area contributed by atoms with Crippen LogP contribution in [0.5, 0.6) is 0 Å². The average Bonchev–Trinajstić information content (AvgIpc) is 2.67. The van der Waals surface area contributed by atoms with E-state index in [1.54, 1.807) is 0 Å². The molecule has 0 N–H and O–H groups in total. The van der Waals surface area contributed by atoms with Crippen molar-refractivity contribution in [2.75, 3.05) is 0 Å². The van der Waals surface area contributed by atoms with Crippen LogP contribution in [0, 0.1) is 0 Å². The number of unbranched alkanes of at least 4 members (excludes halogenated alkanes) is 13. The maximum absolute atomic E-state index is 14.0. The van der Waals surface area contributed by atoms with Crippen LogP contribution >= 0.6 is 0 Å². The number of rotatable bonds is 18. The number of benzene rings is 1. The summed E-state index contributed by atoms with van der Waals surface area (Å²) < 4.78 is 64.1. The van der Waals surface area contributed by atoms with Gasteiger partial charge < -0.3 is 0 Å². The summed E-state index contributed by atoms with van der Waals surface area (Å²) in [6.07, 6.45) is 9.00. The Kier molecular flexibility index (Phi) is 14.3. The molecule has 0 amide bonds. The van der Waals surface area contributed by atoms with Crippen LogP contribution in [0.3, 0.4) is 0 Å². The Morgan fingerprint density at radius 1 is 0.500 bits per heavy atom. The fraction of sp³-hybridized carbons (Fsp3) is 0.750. The van der Waals surface area contributed by atoms with Crippen molar-refractivity contribution in [2.24, 2.45) is 0 Å². The Hall–Kier alpha value is -0.913. The first-order chi connectivity index (χ1) is 14.3. The van der Waals surface area contributed by atoms with E-state index in [1.165, 1.54) is 32.1 Å². The molecule has 6 heteroatoms. The van der Waals surface area contributed by atoms with Crippen LogP contribution in [0.25, 0.3) is 0 Å². The molecule has 0 aliphatic heterocycles. The van der Waals surface area contributed by atoms with Gasteiger partial charge in [0.25, 0.3) is 0 Å². The molecule has 0 bridgehead atoms. The second kappa shape index (κ2) is 15.8. The summed E-state index contributed by atoms with van der Waals surface area (Å²) in [6, 6.07) is 9.17. The first-order valence-corrected chi connectivity index (χ1v) is 13.2. The fourth-order valence-electron chi connectivity index (χ4n) is 3.81. The van der Waals surface area contributed by atoms with Gasteiger partial charge in [-0.05, 0) is 12.8 Å². The van der Waals surface area contributed by atoms with Crippen LogP contribution in [0.2, 0.25) is 0 Å². The Morgan fingerprint density at radius 2 is 0.867 bits per heavy atom. The maximum atomic E-state index is 14.0. The van der Waals surface area contributed by atoms with E-state index >= 15 is 0 Å². The summed E-state index contributed by atoms with van der Waals surface area (Å²) in [7, 11) is -1.53. The zero-order valence-corrected chi connectivity index (χ0v) is 19.7. The third-order valence-electron chi connectivity index (χ3n) is 5.56. The van der Waals surface area contributed by atoms with Crippen LogP contribution in [0.4, 0.5) is 22.0 Å². The lowest BCUT2D eigenvalue weighted by molar-refractivity contribution is -0.135. The Balaban J connectivity index is 1.82. The SMILES string of the molecule is FC(F)(F)CCCCCCCCCCCCCCCCC(F)(F)[SiH2]c1ccccc1. The minimum atomic E-state index is -4.00. The number of hydrogen-bond acceptors (Lipinski definition) is 0. The lowest BCUT2D eigenvalue weighted by Gasteiger charge is -2.15. The van der Waals surface area contributed by atoms with Crippen molar-refractivity contribution in [1.82, 2.24) is 0 Å². The van der Waals surface area contributed by atoms with Gasteiger partial charge in [-0.3, -0.25) is 0 Å². The second-order valence-electron chi connectivity index (χ2n) is 8.58. The maximum Gasteiger partial charge on any atom is 0.389 e. The molecule has 0 spiro atoms. The molecular weight excluding hydrogens is 411 g/mol. The Bertz CT molecular complexity index is 516. The standard InChI is InChI=1S/C24H39F5Si/c25-23(26,27)20-16-11-9-7-5-3-1-2-4-6-8-10-12-17-21-24(28,29)30-22-18-14-13-15-19-22/h13-15,18-19H,1-12,16-17,20-21,30H2. The number of alkyl halides is 5. The molecule has 30 heavy (non-hydrogen) atoms. The normalized spacial score (nSPS) is 12.8. The molecule has 0 aromatic heterocycles. The van der Waals surface area contributed by atoms with Gasteiger partial charge in [0, 0.05) is 12.8 Å². The molecule has 1 rings (SSSR count). The fourth-order valence-corrected chi connectivity index (χ4v) is 5.35. The lowest BCUT2D eigenvalue weighted by atomic mass is 10.0. The topological polar surface area (TPSA) is 0 Å². The minimum Gasteiger partial charge on any atom is -0.212 e. The Labute approximate surface area is 181 Å². The van der Waals surface area contributed by atoms with Gasteiger partial charge in [-0.2, -0.15) is 13.2 Å². The highest BCUT2D eigenvalue weighted by Gasteiger charge is 2.28. The van der Waals surface area contributed by atoms with Crippen molar-refractivity contribution in [3.05, 3.63) is 30.3 Å². The van der Waals surface area contributed by atoms with Crippen molar-refractivity contribution in [2.45, 2.75) is 114 Å². The molecule has 0 fully saturated rings. The first kappa shape index (κ1) is 27.1. The molecule has 0 radical (unpaired) electrons. The monoisotopic (exact) mass is 450 g/mol. The van der Waals surface area contributed by atoms with E-state index in [9.17, 15) is 22.0 Å². The van der Waals surface area contributed by atoms with Crippen molar-refractivity contribution in [1.29, 1.82) is 0 Å². The highest BCUT2D eigenvalue weighted by Crippen LogP contribution is 2.23. The van der Waals surface area contributed by atoms with Gasteiger partial charge in [-0.15, -0.1) is 0 Å². The molecule has 0 heterocycles. The highest BCUT2D eigenvalue weighted by molar-refractivity contribution is 6.55. The predicted molar refractivity (Wildman–Crippen MR) is 119 cm³/mol. The highest BCUT2D eigenvalue weighted by atomic mass is 28.2. The van der Waals surface area contributed by atoms with Crippen molar-refractivity contribution in [3.63, 3.8) is 0 Å². The number of halogens is 5. The first-order valence-electron chi connectivity index (χ1n) is 11.8. The summed E-state index contributed by atoms with van der Waals surface area (Å²) in [5.41, 5.74) is -2.47. The van der Waals surface area contributed by atoms with Gasteiger partial charge in [-0.1, -0.05) is 113 Å². The quantitative estimate of drug-likeness (QED) is 0.121. The van der Waals surface area contributed by atoms with Gasteiger partial charge in [0.2, 0.25) is 5.55 Å². The van der Waals surface area contributed by atoms with Crippen molar-refractivity contribution < 1.29 is 22.0 Å². The van der Waals surface area contributed by atoms with Crippen LogP contribution in [-0.2, 0) is 0 Å². The molecule has 0 atom stereocenters. The number of hydrogen-bond donors (Lipinski definition) is 0. The molecule has 1 aromatic carbocycles. The lowest BCUT2D eigenvalue weighted by Crippen LogP contribution is -2.34. The summed E-state index contributed by atoms with van der Waals surface area (Å²) in [6.45, 7) is 0. The van der Waals surface area contributed by atoms with Crippen LogP contribution in [-0.4, -0.2) is 21.2 Å². The summed E-state index contributed by atoms with van der Waals surface area (Å²) in [4.78, 5) is 0. The Morgan fingerprint density at radius 3 is 1.27 bits per heavy atom. The van der Waals surface area contributed by atoms with E-state index in [-0.39, 0.29) is 12.8 Å². The molecule has 0 saturated carbocycles. The van der Waals surface area contributed by atoms with Gasteiger partial charge in [0.05, 0.1) is 0 Å². The van der Waals surface area contributed by atoms with E-state index in [1.807, 2.05) is 30.3 Å². The minimum absolute atomic E-state index is 0.0321. The van der Waals surface area contributed by atoms with Gasteiger partial charge in [-0.25, -0.2) is 8.78 Å². The van der Waals surface area contributed by atoms with E-state index in [4.69, 9.17) is 0 Å². The zero-order chi connectivity index (χ0) is 22.1. The van der Waals surface area contributed by atoms with E-state index < -0.39 is 27.7 Å². The summed E-state index contributed by atoms with van der Waals surface area (Å²) >= 11 is 0. The molecule has 0 aliphatic rings. The zero-order valence-electron chi connectivity index (χ0n) is 18.3. The molecule has 0 saturated heterocycles. The van der Waals surface area contributed by atoms with Gasteiger partial charge in [0.1, 0.15) is 9.52 Å². The van der Waals surface area contributed by atoms with Gasteiger partial charge >= 0.3 is 6.18 Å². The second-order valence-corrected chi connectivity index (χ2v) is 10.8. The van der Waals surface area contributed by atoms with Crippen molar-refractivity contribution >= 4 is 14.7 Å². The summed E-state index contributed by atoms with van der Waals surface area (Å²) in [5, 5.41) is 0.837.